The van der Waals surface area contributed by atoms with Gasteiger partial charge in [-0.05, 0) is 21.7 Å². The Balaban J connectivity index is 1.57. The summed E-state index contributed by atoms with van der Waals surface area (Å²) in [6, 6.07) is 4.14. The standard InChI is InChI=1S/C10H8B2O3S2/c1-3-16-9-5-13-11(7(1)9)15-12-8-2-4-17-10(8)6-14-12/h1-4H,5-6H2. The lowest BCUT2D eigenvalue weighted by Gasteiger charge is -2.11. The summed E-state index contributed by atoms with van der Waals surface area (Å²) in [5.41, 5.74) is 2.31. The van der Waals surface area contributed by atoms with Gasteiger partial charge >= 0.3 is 14.2 Å². The second-order valence-electron chi connectivity index (χ2n) is 4.02. The molecular formula is C10H8B2O3S2. The van der Waals surface area contributed by atoms with Crippen LogP contribution in [0.5, 0.6) is 0 Å². The summed E-state index contributed by atoms with van der Waals surface area (Å²) in [5, 5.41) is 4.16. The van der Waals surface area contributed by atoms with Gasteiger partial charge in [-0.25, -0.2) is 0 Å². The molecule has 4 rings (SSSR count). The van der Waals surface area contributed by atoms with Crippen molar-refractivity contribution in [1.29, 1.82) is 0 Å². The molecule has 3 nitrogen and oxygen atoms in total. The van der Waals surface area contributed by atoms with Crippen molar-refractivity contribution < 1.29 is 13.9 Å². The third kappa shape index (κ3) is 1.62. The Morgan fingerprint density at radius 2 is 1.47 bits per heavy atom. The van der Waals surface area contributed by atoms with Gasteiger partial charge in [-0.1, -0.05) is 12.1 Å². The summed E-state index contributed by atoms with van der Waals surface area (Å²) in [5.74, 6) is 0. The lowest BCUT2D eigenvalue weighted by atomic mass is 9.73. The highest BCUT2D eigenvalue weighted by molar-refractivity contribution is 7.12. The van der Waals surface area contributed by atoms with Crippen LogP contribution in [-0.2, 0) is 27.1 Å². The van der Waals surface area contributed by atoms with Gasteiger partial charge < -0.3 is 13.9 Å². The molecule has 17 heavy (non-hydrogen) atoms. The minimum absolute atomic E-state index is 0.271. The van der Waals surface area contributed by atoms with Crippen LogP contribution in [-0.4, -0.2) is 14.2 Å². The first-order valence-corrected chi connectivity index (χ1v) is 7.19. The van der Waals surface area contributed by atoms with E-state index in [-0.39, 0.29) is 14.2 Å². The Kier molecular flexibility index (Phi) is 2.41. The predicted molar refractivity (Wildman–Crippen MR) is 70.1 cm³/mol. The van der Waals surface area contributed by atoms with Gasteiger partial charge in [0.05, 0.1) is 13.2 Å². The highest BCUT2D eigenvalue weighted by Crippen LogP contribution is 2.21. The van der Waals surface area contributed by atoms with Gasteiger partial charge in [0, 0.05) is 9.75 Å². The molecule has 0 N–H and O–H groups in total. The quantitative estimate of drug-likeness (QED) is 0.755. The zero-order chi connectivity index (χ0) is 11.2. The van der Waals surface area contributed by atoms with Crippen molar-refractivity contribution in [2.45, 2.75) is 13.2 Å². The van der Waals surface area contributed by atoms with Crippen LogP contribution in [0.25, 0.3) is 0 Å². The fourth-order valence-electron chi connectivity index (χ4n) is 2.18. The molecule has 7 heteroatoms. The van der Waals surface area contributed by atoms with Crippen molar-refractivity contribution >= 4 is 47.8 Å². The number of hydrogen-bond acceptors (Lipinski definition) is 5. The van der Waals surface area contributed by atoms with Crippen molar-refractivity contribution in [3.63, 3.8) is 0 Å². The topological polar surface area (TPSA) is 27.7 Å². The Labute approximate surface area is 108 Å². The van der Waals surface area contributed by atoms with Gasteiger partial charge in [0.2, 0.25) is 0 Å². The summed E-state index contributed by atoms with van der Waals surface area (Å²) in [4.78, 5) is 2.53. The van der Waals surface area contributed by atoms with E-state index in [4.69, 9.17) is 13.9 Å². The van der Waals surface area contributed by atoms with E-state index < -0.39 is 0 Å². The Bertz CT molecular complexity index is 505. The van der Waals surface area contributed by atoms with E-state index in [9.17, 15) is 0 Å². The van der Waals surface area contributed by atoms with Gasteiger partial charge in [0.1, 0.15) is 0 Å². The monoisotopic (exact) mass is 262 g/mol. The molecular weight excluding hydrogens is 254 g/mol. The van der Waals surface area contributed by atoms with Crippen molar-refractivity contribution in [3.05, 3.63) is 32.6 Å². The number of hydrogen-bond donors (Lipinski definition) is 0. The van der Waals surface area contributed by atoms with Gasteiger partial charge in [-0.15, -0.1) is 22.7 Å². The molecule has 0 spiro atoms. The first-order chi connectivity index (χ1) is 8.42. The lowest BCUT2D eigenvalue weighted by Crippen LogP contribution is -2.43. The minimum Gasteiger partial charge on any atom is -0.443 e. The normalized spacial score (nSPS) is 17.6. The Morgan fingerprint density at radius 1 is 0.941 bits per heavy atom. The van der Waals surface area contributed by atoms with E-state index in [0.717, 1.165) is 10.9 Å². The first-order valence-electron chi connectivity index (χ1n) is 5.43. The zero-order valence-electron chi connectivity index (χ0n) is 8.92. The summed E-state index contributed by atoms with van der Waals surface area (Å²) in [7, 11) is -0.542. The second kappa shape index (κ2) is 3.96. The minimum atomic E-state index is -0.271. The maximum Gasteiger partial charge on any atom is 0.481 e. The molecule has 2 aliphatic heterocycles. The summed E-state index contributed by atoms with van der Waals surface area (Å²) in [6.45, 7) is 1.31. The van der Waals surface area contributed by atoms with Crippen LogP contribution in [0.1, 0.15) is 9.75 Å². The highest BCUT2D eigenvalue weighted by atomic mass is 32.1. The maximum atomic E-state index is 5.91. The molecule has 0 aliphatic carbocycles. The Morgan fingerprint density at radius 3 is 2.00 bits per heavy atom. The van der Waals surface area contributed by atoms with Crippen molar-refractivity contribution in [2.24, 2.45) is 0 Å². The first kappa shape index (κ1) is 10.3. The molecule has 0 radical (unpaired) electrons. The van der Waals surface area contributed by atoms with Gasteiger partial charge in [-0.2, -0.15) is 0 Å². The smallest absolute Gasteiger partial charge is 0.443 e. The van der Waals surface area contributed by atoms with E-state index in [2.05, 4.69) is 22.9 Å². The van der Waals surface area contributed by atoms with Crippen LogP contribution in [0.2, 0.25) is 0 Å². The molecule has 2 aliphatic rings. The average Bonchev–Trinajstić information content (AvgIpc) is 3.03. The molecule has 2 aromatic heterocycles. The SMILES string of the molecule is c1cc2c(s1)COB2OB1OCc2sccc21. The molecule has 84 valence electrons. The fraction of sp³-hybridized carbons (Fsp3) is 0.200. The zero-order valence-corrected chi connectivity index (χ0v) is 10.6. The number of thiophene rings is 2. The average molecular weight is 262 g/mol. The molecule has 0 saturated heterocycles. The molecule has 0 fully saturated rings. The molecule has 0 saturated carbocycles. The molecule has 4 heterocycles. The largest absolute Gasteiger partial charge is 0.481 e. The van der Waals surface area contributed by atoms with Crippen molar-refractivity contribution in [2.75, 3.05) is 0 Å². The van der Waals surface area contributed by atoms with E-state index >= 15 is 0 Å². The van der Waals surface area contributed by atoms with Gasteiger partial charge in [0.15, 0.2) is 0 Å². The molecule has 0 atom stereocenters. The lowest BCUT2D eigenvalue weighted by molar-refractivity contribution is 0.240. The second-order valence-corrected chi connectivity index (χ2v) is 6.02. The molecule has 0 unspecified atom stereocenters. The van der Waals surface area contributed by atoms with Crippen LogP contribution >= 0.6 is 22.7 Å². The van der Waals surface area contributed by atoms with Crippen LogP contribution in [0.3, 0.4) is 0 Å². The highest BCUT2D eigenvalue weighted by Gasteiger charge is 2.40. The molecule has 0 aromatic carbocycles. The predicted octanol–water partition coefficient (Wildman–Crippen LogP) is 0.977. The third-order valence-corrected chi connectivity index (χ3v) is 4.87. The van der Waals surface area contributed by atoms with E-state index in [1.165, 1.54) is 9.75 Å². The van der Waals surface area contributed by atoms with Crippen LogP contribution in [0.15, 0.2) is 22.9 Å². The van der Waals surface area contributed by atoms with Gasteiger partial charge in [-0.3, -0.25) is 0 Å². The summed E-state index contributed by atoms with van der Waals surface area (Å²) >= 11 is 3.43. The van der Waals surface area contributed by atoms with Crippen molar-refractivity contribution in [3.8, 4) is 0 Å². The van der Waals surface area contributed by atoms with Crippen LogP contribution in [0.4, 0.5) is 0 Å². The molecule has 2 aromatic rings. The number of fused-ring (bicyclic) bond motifs is 2. The van der Waals surface area contributed by atoms with Gasteiger partial charge in [0.25, 0.3) is 0 Å². The molecule has 0 amide bonds. The summed E-state index contributed by atoms with van der Waals surface area (Å²) in [6.07, 6.45) is 0. The Hall–Kier alpha value is -0.590. The third-order valence-electron chi connectivity index (χ3n) is 3.05. The fourth-order valence-corrected chi connectivity index (χ4v) is 3.81. The number of rotatable bonds is 2. The van der Waals surface area contributed by atoms with Crippen molar-refractivity contribution in [1.82, 2.24) is 0 Å². The van der Waals surface area contributed by atoms with E-state index in [0.29, 0.717) is 13.2 Å². The van der Waals surface area contributed by atoms with E-state index in [1.54, 1.807) is 22.7 Å². The van der Waals surface area contributed by atoms with E-state index in [1.807, 2.05) is 0 Å². The van der Waals surface area contributed by atoms with Crippen LogP contribution < -0.4 is 10.9 Å². The van der Waals surface area contributed by atoms with Crippen LogP contribution in [0, 0.1) is 0 Å². The molecule has 0 bridgehead atoms. The maximum absolute atomic E-state index is 5.91. The summed E-state index contributed by atoms with van der Waals surface area (Å²) < 4.78 is 17.2.